The van der Waals surface area contributed by atoms with E-state index in [1.165, 1.54) is 5.57 Å². The molecule has 0 aromatic rings. The topological polar surface area (TPSA) is 17.1 Å². The average Bonchev–Trinajstić information content (AvgIpc) is 1.83. The van der Waals surface area contributed by atoms with Gasteiger partial charge in [-0.15, -0.1) is 0 Å². The van der Waals surface area contributed by atoms with Crippen molar-refractivity contribution in [1.29, 1.82) is 0 Å². The van der Waals surface area contributed by atoms with Gasteiger partial charge >= 0.3 is 0 Å². The molecule has 0 amide bonds. The molecule has 0 aliphatic carbocycles. The van der Waals surface area contributed by atoms with Gasteiger partial charge in [0.05, 0.1) is 0 Å². The molecular weight excluding hydrogens is 132 g/mol. The highest BCUT2D eigenvalue weighted by Gasteiger charge is 2.10. The van der Waals surface area contributed by atoms with E-state index in [-0.39, 0.29) is 0 Å². The lowest BCUT2D eigenvalue weighted by molar-refractivity contribution is 0.680. The zero-order chi connectivity index (χ0) is 6.85. The second-order valence-corrected chi connectivity index (χ2v) is 4.20. The summed E-state index contributed by atoms with van der Waals surface area (Å²) in [4.78, 5) is 1.11. The Bertz CT molecular complexity index is 170. The molecule has 52 valence electrons. The molecule has 0 aromatic carbocycles. The van der Waals surface area contributed by atoms with Crippen molar-refractivity contribution in [2.24, 2.45) is 0 Å². The maximum atomic E-state index is 11.1. The highest BCUT2D eigenvalue weighted by molar-refractivity contribution is 7.89. The Morgan fingerprint density at radius 1 is 1.44 bits per heavy atom. The molecule has 1 rings (SSSR count). The van der Waals surface area contributed by atoms with Gasteiger partial charge in [-0.2, -0.15) is 0 Å². The molecule has 0 saturated carbocycles. The summed E-state index contributed by atoms with van der Waals surface area (Å²) < 4.78 is 11.1. The van der Waals surface area contributed by atoms with E-state index in [1.807, 2.05) is 6.92 Å². The van der Waals surface area contributed by atoms with Crippen LogP contribution in [-0.2, 0) is 10.8 Å². The van der Waals surface area contributed by atoms with Crippen LogP contribution >= 0.6 is 0 Å². The molecule has 1 unspecified atom stereocenters. The van der Waals surface area contributed by atoms with Crippen LogP contribution in [0.2, 0.25) is 0 Å². The van der Waals surface area contributed by atoms with Crippen molar-refractivity contribution in [1.82, 2.24) is 0 Å². The summed E-state index contributed by atoms with van der Waals surface area (Å²) in [7, 11) is -0.635. The van der Waals surface area contributed by atoms with Crippen molar-refractivity contribution < 1.29 is 4.21 Å². The molecule has 2 heteroatoms. The molecule has 1 heterocycles. The van der Waals surface area contributed by atoms with Crippen molar-refractivity contribution in [3.8, 4) is 0 Å². The molecule has 0 bridgehead atoms. The van der Waals surface area contributed by atoms with E-state index in [0.717, 1.165) is 23.5 Å². The third kappa shape index (κ3) is 1.42. The summed E-state index contributed by atoms with van der Waals surface area (Å²) in [5.41, 5.74) is 1.33. The number of rotatable bonds is 0. The third-order valence-electron chi connectivity index (χ3n) is 1.82. The summed E-state index contributed by atoms with van der Waals surface area (Å²) in [5, 5.41) is 0. The number of allylic oxidation sites excluding steroid dienone is 2. The van der Waals surface area contributed by atoms with Gasteiger partial charge in [-0.05, 0) is 26.7 Å². The van der Waals surface area contributed by atoms with Crippen LogP contribution < -0.4 is 0 Å². The van der Waals surface area contributed by atoms with E-state index < -0.39 is 10.8 Å². The monoisotopic (exact) mass is 144 g/mol. The second kappa shape index (κ2) is 2.65. The van der Waals surface area contributed by atoms with Crippen LogP contribution in [0.15, 0.2) is 10.5 Å². The molecule has 0 N–H and O–H groups in total. The highest BCUT2D eigenvalue weighted by atomic mass is 32.2. The summed E-state index contributed by atoms with van der Waals surface area (Å²) in [5.74, 6) is 0.878. The molecule has 1 aliphatic rings. The number of hydrogen-bond acceptors (Lipinski definition) is 1. The first-order valence-electron chi connectivity index (χ1n) is 3.26. The normalized spacial score (nSPS) is 28.9. The molecule has 0 fully saturated rings. The van der Waals surface area contributed by atoms with Crippen molar-refractivity contribution in [3.63, 3.8) is 0 Å². The zero-order valence-electron chi connectivity index (χ0n) is 5.94. The van der Waals surface area contributed by atoms with Gasteiger partial charge in [0, 0.05) is 21.5 Å². The van der Waals surface area contributed by atoms with Gasteiger partial charge in [0.1, 0.15) is 0 Å². The summed E-state index contributed by atoms with van der Waals surface area (Å²) in [6.07, 6.45) is 2.26. The van der Waals surface area contributed by atoms with Gasteiger partial charge in [0.15, 0.2) is 0 Å². The quantitative estimate of drug-likeness (QED) is 0.507. The van der Waals surface area contributed by atoms with Gasteiger partial charge in [-0.3, -0.25) is 4.21 Å². The fraction of sp³-hybridized carbons (Fsp3) is 0.714. The molecule has 9 heavy (non-hydrogen) atoms. The Morgan fingerprint density at radius 2 is 2.11 bits per heavy atom. The molecule has 0 aromatic heterocycles. The third-order valence-corrected chi connectivity index (χ3v) is 3.51. The summed E-state index contributed by atoms with van der Waals surface area (Å²) in [6, 6.07) is 0. The lowest BCUT2D eigenvalue weighted by Gasteiger charge is -2.12. The fourth-order valence-electron chi connectivity index (χ4n) is 0.992. The minimum absolute atomic E-state index is 0.635. The molecular formula is C7H12OS. The zero-order valence-corrected chi connectivity index (χ0v) is 6.75. The average molecular weight is 144 g/mol. The lowest BCUT2D eigenvalue weighted by atomic mass is 10.2. The lowest BCUT2D eigenvalue weighted by Crippen LogP contribution is -2.06. The van der Waals surface area contributed by atoms with Crippen molar-refractivity contribution in [2.45, 2.75) is 26.7 Å². The molecule has 1 aliphatic heterocycles. The highest BCUT2D eigenvalue weighted by Crippen LogP contribution is 2.19. The summed E-state index contributed by atoms with van der Waals surface area (Å²) >= 11 is 0. The van der Waals surface area contributed by atoms with E-state index in [2.05, 4.69) is 6.92 Å². The summed E-state index contributed by atoms with van der Waals surface area (Å²) in [6.45, 7) is 4.05. The first-order valence-corrected chi connectivity index (χ1v) is 4.58. The van der Waals surface area contributed by atoms with Crippen molar-refractivity contribution >= 4 is 10.8 Å². The van der Waals surface area contributed by atoms with Crippen molar-refractivity contribution in [3.05, 3.63) is 10.5 Å². The molecule has 0 saturated heterocycles. The van der Waals surface area contributed by atoms with Gasteiger partial charge in [-0.1, -0.05) is 5.57 Å². The Labute approximate surface area is 58.6 Å². The molecule has 0 radical (unpaired) electrons. The van der Waals surface area contributed by atoms with Crippen molar-refractivity contribution in [2.75, 3.05) is 5.75 Å². The largest absolute Gasteiger partial charge is 0.255 e. The van der Waals surface area contributed by atoms with E-state index in [4.69, 9.17) is 0 Å². The minimum atomic E-state index is -0.635. The minimum Gasteiger partial charge on any atom is -0.255 e. The Morgan fingerprint density at radius 3 is 2.56 bits per heavy atom. The standard InChI is InChI=1S/C7H12OS/c1-6-4-3-5-9(8)7(6)2/h3-5H2,1-2H3. The van der Waals surface area contributed by atoms with Crippen LogP contribution in [0.25, 0.3) is 0 Å². The van der Waals surface area contributed by atoms with E-state index in [9.17, 15) is 4.21 Å². The van der Waals surface area contributed by atoms with Crippen LogP contribution in [-0.4, -0.2) is 9.96 Å². The molecule has 0 spiro atoms. The predicted molar refractivity (Wildman–Crippen MR) is 40.6 cm³/mol. The SMILES string of the molecule is CC1=C(C)S(=O)CCC1. The van der Waals surface area contributed by atoms with E-state index >= 15 is 0 Å². The fourth-order valence-corrected chi connectivity index (χ4v) is 2.20. The van der Waals surface area contributed by atoms with E-state index in [0.29, 0.717) is 0 Å². The smallest absolute Gasteiger partial charge is 0.0484 e. The van der Waals surface area contributed by atoms with Gasteiger partial charge in [-0.25, -0.2) is 0 Å². The Balaban J connectivity index is 2.84. The maximum Gasteiger partial charge on any atom is 0.0484 e. The van der Waals surface area contributed by atoms with E-state index in [1.54, 1.807) is 0 Å². The first-order chi connectivity index (χ1) is 4.22. The Kier molecular flexibility index (Phi) is 2.06. The molecule has 1 atom stereocenters. The van der Waals surface area contributed by atoms with Crippen LogP contribution in [0.1, 0.15) is 26.7 Å². The van der Waals surface area contributed by atoms with Gasteiger partial charge < -0.3 is 0 Å². The van der Waals surface area contributed by atoms with Gasteiger partial charge in [0.25, 0.3) is 0 Å². The van der Waals surface area contributed by atoms with Crippen LogP contribution in [0, 0.1) is 0 Å². The maximum absolute atomic E-state index is 11.1. The predicted octanol–water partition coefficient (Wildman–Crippen LogP) is 1.82. The van der Waals surface area contributed by atoms with Crippen LogP contribution in [0.4, 0.5) is 0 Å². The Hall–Kier alpha value is -0.110. The van der Waals surface area contributed by atoms with Gasteiger partial charge in [0.2, 0.25) is 0 Å². The van der Waals surface area contributed by atoms with Crippen LogP contribution in [0.3, 0.4) is 0 Å². The van der Waals surface area contributed by atoms with Crippen LogP contribution in [0.5, 0.6) is 0 Å². The first kappa shape index (κ1) is 7.00. The number of hydrogen-bond donors (Lipinski definition) is 0. The molecule has 1 nitrogen and oxygen atoms in total. The second-order valence-electron chi connectivity index (χ2n) is 2.49.